The van der Waals surface area contributed by atoms with Crippen molar-refractivity contribution in [3.8, 4) is 11.8 Å². The van der Waals surface area contributed by atoms with E-state index in [1.54, 1.807) is 0 Å². The Hall–Kier alpha value is -1.40. The highest BCUT2D eigenvalue weighted by molar-refractivity contribution is 5.36. The molecule has 0 aliphatic heterocycles. The normalized spacial score (nSPS) is 11.7. The van der Waals surface area contributed by atoms with Crippen molar-refractivity contribution in [2.45, 2.75) is 25.8 Å². The van der Waals surface area contributed by atoms with Crippen molar-refractivity contribution < 1.29 is 8.78 Å². The van der Waals surface area contributed by atoms with Gasteiger partial charge in [-0.05, 0) is 18.6 Å². The quantitative estimate of drug-likeness (QED) is 0.744. The fraction of sp³-hybridized carbons (Fsp3) is 0.333. The summed E-state index contributed by atoms with van der Waals surface area (Å²) in [5.41, 5.74) is 5.83. The van der Waals surface area contributed by atoms with Crippen LogP contribution in [0.2, 0.25) is 0 Å². The molecule has 1 aromatic carbocycles. The first-order valence-electron chi connectivity index (χ1n) is 4.85. The highest BCUT2D eigenvalue weighted by Crippen LogP contribution is 2.07. The molecule has 0 aliphatic rings. The summed E-state index contributed by atoms with van der Waals surface area (Å²) in [6, 6.07) is 3.06. The van der Waals surface area contributed by atoms with Crippen LogP contribution in [0.5, 0.6) is 0 Å². The van der Waals surface area contributed by atoms with E-state index in [4.69, 9.17) is 5.73 Å². The molecule has 1 atom stereocenters. The third kappa shape index (κ3) is 3.69. The molecule has 0 aromatic heterocycles. The lowest BCUT2D eigenvalue weighted by Crippen LogP contribution is -2.16. The molecule has 15 heavy (non-hydrogen) atoms. The Balaban J connectivity index is 2.80. The van der Waals surface area contributed by atoms with Crippen molar-refractivity contribution >= 4 is 0 Å². The van der Waals surface area contributed by atoms with Gasteiger partial charge in [0.2, 0.25) is 0 Å². The van der Waals surface area contributed by atoms with Crippen LogP contribution in [0, 0.1) is 23.5 Å². The van der Waals surface area contributed by atoms with E-state index in [0.717, 1.165) is 18.9 Å². The number of hydrogen-bond donors (Lipinski definition) is 1. The zero-order valence-electron chi connectivity index (χ0n) is 8.56. The molecule has 0 saturated carbocycles. The van der Waals surface area contributed by atoms with Crippen molar-refractivity contribution in [3.63, 3.8) is 0 Å². The van der Waals surface area contributed by atoms with Crippen molar-refractivity contribution in [1.29, 1.82) is 0 Å². The van der Waals surface area contributed by atoms with Crippen molar-refractivity contribution in [1.82, 2.24) is 0 Å². The van der Waals surface area contributed by atoms with E-state index in [1.165, 1.54) is 12.1 Å². The van der Waals surface area contributed by atoms with Crippen LogP contribution in [0.1, 0.15) is 25.3 Å². The smallest absolute Gasteiger partial charge is 0.141 e. The zero-order valence-corrected chi connectivity index (χ0v) is 8.56. The summed E-state index contributed by atoms with van der Waals surface area (Å²) in [5, 5.41) is 0. The number of hydrogen-bond acceptors (Lipinski definition) is 1. The van der Waals surface area contributed by atoms with Crippen LogP contribution in [0.3, 0.4) is 0 Å². The summed E-state index contributed by atoms with van der Waals surface area (Å²) < 4.78 is 25.7. The van der Waals surface area contributed by atoms with Crippen LogP contribution >= 0.6 is 0 Å². The minimum Gasteiger partial charge on any atom is -0.318 e. The maximum absolute atomic E-state index is 13.1. The van der Waals surface area contributed by atoms with E-state index in [1.807, 2.05) is 6.92 Å². The molecule has 0 aliphatic carbocycles. The maximum Gasteiger partial charge on any atom is 0.141 e. The van der Waals surface area contributed by atoms with Crippen LogP contribution < -0.4 is 5.73 Å². The molecule has 0 radical (unpaired) electrons. The second-order valence-corrected chi connectivity index (χ2v) is 3.29. The summed E-state index contributed by atoms with van der Waals surface area (Å²) in [4.78, 5) is 0. The molecule has 3 heteroatoms. The third-order valence-corrected chi connectivity index (χ3v) is 1.92. The molecule has 0 heterocycles. The Morgan fingerprint density at radius 1 is 1.40 bits per heavy atom. The molecular weight excluding hydrogens is 196 g/mol. The molecular formula is C12H13F2N. The number of halogens is 2. The van der Waals surface area contributed by atoms with Crippen LogP contribution in [0.25, 0.3) is 0 Å². The third-order valence-electron chi connectivity index (χ3n) is 1.92. The van der Waals surface area contributed by atoms with E-state index in [2.05, 4.69) is 11.8 Å². The summed E-state index contributed by atoms with van der Waals surface area (Å²) in [6.45, 7) is 2.00. The van der Waals surface area contributed by atoms with E-state index in [0.29, 0.717) is 0 Å². The lowest BCUT2D eigenvalue weighted by molar-refractivity contribution is 0.581. The van der Waals surface area contributed by atoms with Gasteiger partial charge in [-0.3, -0.25) is 0 Å². The topological polar surface area (TPSA) is 26.0 Å². The number of benzene rings is 1. The monoisotopic (exact) mass is 209 g/mol. The Morgan fingerprint density at radius 3 is 2.73 bits per heavy atom. The molecule has 0 fully saturated rings. The van der Waals surface area contributed by atoms with Gasteiger partial charge in [-0.1, -0.05) is 25.2 Å². The van der Waals surface area contributed by atoms with Gasteiger partial charge in [-0.2, -0.15) is 0 Å². The highest BCUT2D eigenvalue weighted by atomic mass is 19.1. The molecule has 1 aromatic rings. The summed E-state index contributed by atoms with van der Waals surface area (Å²) >= 11 is 0. The first-order chi connectivity index (χ1) is 7.13. The molecule has 0 spiro atoms. The largest absolute Gasteiger partial charge is 0.318 e. The molecule has 1 nitrogen and oxygen atoms in total. The Labute approximate surface area is 88.3 Å². The lowest BCUT2D eigenvalue weighted by Gasteiger charge is -1.99. The molecule has 2 N–H and O–H groups in total. The minimum absolute atomic E-state index is 0.183. The average molecular weight is 209 g/mol. The first kappa shape index (κ1) is 11.7. The molecule has 0 saturated heterocycles. The molecule has 1 unspecified atom stereocenters. The van der Waals surface area contributed by atoms with Gasteiger partial charge in [0.1, 0.15) is 11.6 Å². The Bertz CT molecular complexity index is 390. The van der Waals surface area contributed by atoms with Gasteiger partial charge in [0, 0.05) is 6.07 Å². The van der Waals surface area contributed by atoms with Crippen LogP contribution in [0.15, 0.2) is 18.2 Å². The standard InChI is InChI=1S/C12H13F2N/c1-2-3-11(15)7-5-9-4-6-10(13)8-12(9)14/h4,6,8,11H,2-3,15H2,1H3. The summed E-state index contributed by atoms with van der Waals surface area (Å²) in [7, 11) is 0. The zero-order chi connectivity index (χ0) is 11.3. The van der Waals surface area contributed by atoms with Crippen molar-refractivity contribution in [2.75, 3.05) is 0 Å². The predicted molar refractivity (Wildman–Crippen MR) is 56.1 cm³/mol. The molecule has 80 valence electrons. The first-order valence-corrected chi connectivity index (χ1v) is 4.85. The Kier molecular flexibility index (Phi) is 4.26. The van der Waals surface area contributed by atoms with Gasteiger partial charge in [0.05, 0.1) is 11.6 Å². The van der Waals surface area contributed by atoms with Gasteiger partial charge < -0.3 is 5.73 Å². The number of nitrogens with two attached hydrogens (primary N) is 1. The van der Waals surface area contributed by atoms with E-state index < -0.39 is 11.6 Å². The van der Waals surface area contributed by atoms with Gasteiger partial charge in [-0.15, -0.1) is 0 Å². The molecule has 1 rings (SSSR count). The minimum atomic E-state index is -0.647. The van der Waals surface area contributed by atoms with E-state index >= 15 is 0 Å². The molecule has 0 amide bonds. The van der Waals surface area contributed by atoms with Crippen LogP contribution in [0.4, 0.5) is 8.78 Å². The maximum atomic E-state index is 13.1. The fourth-order valence-corrected chi connectivity index (χ4v) is 1.14. The summed E-state index contributed by atoms with van der Waals surface area (Å²) in [6.07, 6.45) is 1.71. The van der Waals surface area contributed by atoms with Gasteiger partial charge in [0.15, 0.2) is 0 Å². The van der Waals surface area contributed by atoms with Crippen LogP contribution in [-0.4, -0.2) is 6.04 Å². The number of rotatable bonds is 2. The summed E-state index contributed by atoms with van der Waals surface area (Å²) in [5.74, 6) is 4.09. The van der Waals surface area contributed by atoms with Crippen molar-refractivity contribution in [2.24, 2.45) is 5.73 Å². The average Bonchev–Trinajstić information content (AvgIpc) is 2.17. The van der Waals surface area contributed by atoms with Gasteiger partial charge in [-0.25, -0.2) is 8.78 Å². The highest BCUT2D eigenvalue weighted by Gasteiger charge is 2.00. The molecule has 0 bridgehead atoms. The lowest BCUT2D eigenvalue weighted by atomic mass is 10.1. The van der Waals surface area contributed by atoms with Gasteiger partial charge >= 0.3 is 0 Å². The second kappa shape index (κ2) is 5.47. The van der Waals surface area contributed by atoms with E-state index in [-0.39, 0.29) is 11.6 Å². The van der Waals surface area contributed by atoms with Crippen molar-refractivity contribution in [3.05, 3.63) is 35.4 Å². The fourth-order valence-electron chi connectivity index (χ4n) is 1.14. The van der Waals surface area contributed by atoms with Gasteiger partial charge in [0.25, 0.3) is 0 Å². The second-order valence-electron chi connectivity index (χ2n) is 3.29. The Morgan fingerprint density at radius 2 is 2.13 bits per heavy atom. The van der Waals surface area contributed by atoms with E-state index in [9.17, 15) is 8.78 Å². The predicted octanol–water partition coefficient (Wildman–Crippen LogP) is 2.44. The SMILES string of the molecule is CCCC(N)C#Cc1ccc(F)cc1F. The van der Waals surface area contributed by atoms with Crippen LogP contribution in [-0.2, 0) is 0 Å².